The number of pyridine rings is 3. The summed E-state index contributed by atoms with van der Waals surface area (Å²) in [7, 11) is 0. The highest BCUT2D eigenvalue weighted by Crippen LogP contribution is 2.35. The van der Waals surface area contributed by atoms with Crippen LogP contribution in [0.5, 0.6) is 0 Å². The van der Waals surface area contributed by atoms with E-state index in [4.69, 9.17) is 11.6 Å². The Bertz CT molecular complexity index is 1400. The molecule has 0 bridgehead atoms. The van der Waals surface area contributed by atoms with Crippen molar-refractivity contribution in [3.05, 3.63) is 71.3 Å². The summed E-state index contributed by atoms with van der Waals surface area (Å²) in [5, 5.41) is 8.11. The fourth-order valence-corrected chi connectivity index (χ4v) is 4.59. The highest BCUT2D eigenvalue weighted by Gasteiger charge is 2.34. The molecule has 1 aromatic carbocycles. The van der Waals surface area contributed by atoms with E-state index >= 15 is 0 Å². The summed E-state index contributed by atoms with van der Waals surface area (Å²) in [6, 6.07) is 10.8. The van der Waals surface area contributed by atoms with Gasteiger partial charge in [-0.3, -0.25) is 9.78 Å². The largest absolute Gasteiger partial charge is 0.433 e. The Balaban J connectivity index is 1.26. The highest BCUT2D eigenvalue weighted by molar-refractivity contribution is 6.31. The van der Waals surface area contributed by atoms with E-state index in [2.05, 4.69) is 25.6 Å². The van der Waals surface area contributed by atoms with E-state index in [1.807, 2.05) is 6.07 Å². The first kappa shape index (κ1) is 23.3. The van der Waals surface area contributed by atoms with Crippen LogP contribution in [0.25, 0.3) is 21.8 Å². The number of nitrogens with one attached hydrogen (secondary N) is 2. The lowest BCUT2D eigenvalue weighted by atomic mass is 9.90. The average molecular weight is 500 g/mol. The molecule has 1 aliphatic carbocycles. The summed E-state index contributed by atoms with van der Waals surface area (Å²) in [5.74, 6) is -0.246. The fourth-order valence-electron chi connectivity index (χ4n) is 4.42. The molecule has 0 atom stereocenters. The molecule has 1 saturated carbocycles. The van der Waals surface area contributed by atoms with Crippen molar-refractivity contribution < 1.29 is 18.0 Å². The monoisotopic (exact) mass is 499 g/mol. The zero-order valence-electron chi connectivity index (χ0n) is 18.4. The Hall–Kier alpha value is -3.46. The number of fused-ring (bicyclic) bond motifs is 2. The van der Waals surface area contributed by atoms with E-state index in [0.29, 0.717) is 53.0 Å². The molecule has 0 spiro atoms. The molecule has 0 saturated heterocycles. The molecule has 35 heavy (non-hydrogen) atoms. The SMILES string of the molecule is O=C(N[C@H]1CC[C@@H](Nc2cc(C(F)(F)F)nc3ccc(Cl)cc23)CC1)c1ccc2cnccc2n1. The number of carbonyl (C=O) groups excluding carboxylic acids is 1. The van der Waals surface area contributed by atoms with E-state index in [9.17, 15) is 18.0 Å². The van der Waals surface area contributed by atoms with Crippen LogP contribution < -0.4 is 10.6 Å². The molecule has 3 aromatic heterocycles. The second kappa shape index (κ2) is 9.30. The number of carbonyl (C=O) groups is 1. The van der Waals surface area contributed by atoms with Crippen molar-refractivity contribution in [2.45, 2.75) is 43.9 Å². The van der Waals surface area contributed by atoms with Gasteiger partial charge in [0.15, 0.2) is 0 Å². The third-order valence-corrected chi connectivity index (χ3v) is 6.44. The van der Waals surface area contributed by atoms with Gasteiger partial charge in [-0.05, 0) is 68.1 Å². The summed E-state index contributed by atoms with van der Waals surface area (Å²) < 4.78 is 40.2. The molecule has 1 fully saturated rings. The van der Waals surface area contributed by atoms with Gasteiger partial charge in [0.05, 0.1) is 11.0 Å². The second-order valence-corrected chi connectivity index (χ2v) is 9.08. The molecule has 180 valence electrons. The molecule has 4 aromatic rings. The number of anilines is 1. The first-order valence-electron chi connectivity index (χ1n) is 11.2. The average Bonchev–Trinajstić information content (AvgIpc) is 2.84. The fraction of sp³-hybridized carbons (Fsp3) is 0.280. The number of amides is 1. The van der Waals surface area contributed by atoms with Gasteiger partial charge in [-0.1, -0.05) is 11.6 Å². The molecule has 5 rings (SSSR count). The van der Waals surface area contributed by atoms with Gasteiger partial charge in [-0.15, -0.1) is 0 Å². The number of benzene rings is 1. The Kier molecular flexibility index (Phi) is 6.19. The zero-order chi connectivity index (χ0) is 24.6. The summed E-state index contributed by atoms with van der Waals surface area (Å²) in [6.45, 7) is 0. The normalized spacial score (nSPS) is 18.5. The highest BCUT2D eigenvalue weighted by atomic mass is 35.5. The Morgan fingerprint density at radius 1 is 0.943 bits per heavy atom. The molecule has 0 unspecified atom stereocenters. The maximum atomic E-state index is 13.4. The van der Waals surface area contributed by atoms with Gasteiger partial charge in [0.1, 0.15) is 11.4 Å². The van der Waals surface area contributed by atoms with Crippen LogP contribution in [0.3, 0.4) is 0 Å². The lowest BCUT2D eigenvalue weighted by molar-refractivity contribution is -0.140. The molecule has 1 amide bonds. The summed E-state index contributed by atoms with van der Waals surface area (Å²) in [6.07, 6.45) is 1.52. The van der Waals surface area contributed by atoms with Gasteiger partial charge in [0.25, 0.3) is 5.91 Å². The predicted molar refractivity (Wildman–Crippen MR) is 128 cm³/mol. The zero-order valence-corrected chi connectivity index (χ0v) is 19.2. The van der Waals surface area contributed by atoms with Crippen LogP contribution in [0.1, 0.15) is 41.9 Å². The van der Waals surface area contributed by atoms with Gasteiger partial charge in [-0.25, -0.2) is 9.97 Å². The Morgan fingerprint density at radius 3 is 2.49 bits per heavy atom. The number of rotatable bonds is 4. The lowest BCUT2D eigenvalue weighted by Gasteiger charge is -2.30. The minimum atomic E-state index is -4.56. The van der Waals surface area contributed by atoms with Crippen molar-refractivity contribution in [1.29, 1.82) is 0 Å². The van der Waals surface area contributed by atoms with Crippen molar-refractivity contribution in [3.8, 4) is 0 Å². The quantitative estimate of drug-likeness (QED) is 0.360. The van der Waals surface area contributed by atoms with Gasteiger partial charge < -0.3 is 10.6 Å². The van der Waals surface area contributed by atoms with Crippen LogP contribution in [-0.2, 0) is 6.18 Å². The molecule has 2 N–H and O–H groups in total. The van der Waals surface area contributed by atoms with E-state index in [0.717, 1.165) is 11.5 Å². The number of halogens is 4. The van der Waals surface area contributed by atoms with Crippen molar-refractivity contribution in [2.24, 2.45) is 0 Å². The predicted octanol–water partition coefficient (Wildman–Crippen LogP) is 6.00. The van der Waals surface area contributed by atoms with Gasteiger partial charge in [0.2, 0.25) is 0 Å². The molecular formula is C25H21ClF3N5O. The smallest absolute Gasteiger partial charge is 0.382 e. The van der Waals surface area contributed by atoms with Crippen molar-refractivity contribution in [3.63, 3.8) is 0 Å². The maximum Gasteiger partial charge on any atom is 0.433 e. The third-order valence-electron chi connectivity index (χ3n) is 6.21. The van der Waals surface area contributed by atoms with E-state index in [-0.39, 0.29) is 23.5 Å². The van der Waals surface area contributed by atoms with Crippen LogP contribution in [0.2, 0.25) is 5.02 Å². The number of nitrogens with zero attached hydrogens (tertiary/aromatic N) is 3. The van der Waals surface area contributed by atoms with Crippen LogP contribution in [0.4, 0.5) is 18.9 Å². The first-order chi connectivity index (χ1) is 16.8. The molecule has 10 heteroatoms. The maximum absolute atomic E-state index is 13.4. The number of aromatic nitrogens is 3. The topological polar surface area (TPSA) is 79.8 Å². The minimum absolute atomic E-state index is 0.0372. The first-order valence-corrected chi connectivity index (χ1v) is 11.6. The van der Waals surface area contributed by atoms with Crippen molar-refractivity contribution in [1.82, 2.24) is 20.3 Å². The van der Waals surface area contributed by atoms with Crippen LogP contribution in [0, 0.1) is 0 Å². The Morgan fingerprint density at radius 2 is 1.71 bits per heavy atom. The Labute approximate surface area is 203 Å². The minimum Gasteiger partial charge on any atom is -0.382 e. The molecule has 0 radical (unpaired) electrons. The summed E-state index contributed by atoms with van der Waals surface area (Å²) >= 11 is 6.09. The van der Waals surface area contributed by atoms with Crippen LogP contribution in [-0.4, -0.2) is 32.9 Å². The standard InChI is InChI=1S/C25H21ClF3N5O/c26-15-2-8-20-18(11-15)22(12-23(34-20)25(27,28)29)31-16-3-5-17(6-4-16)32-24(35)21-7-1-14-13-30-10-9-19(14)33-21/h1-2,7-13,16-17H,3-6H2,(H,31,34)(H,32,35)/t16-,17+. The third kappa shape index (κ3) is 5.14. The molecular weight excluding hydrogens is 479 g/mol. The van der Waals surface area contributed by atoms with Crippen LogP contribution >= 0.6 is 11.6 Å². The van der Waals surface area contributed by atoms with Gasteiger partial charge in [-0.2, -0.15) is 13.2 Å². The molecule has 1 aliphatic rings. The number of hydrogen-bond donors (Lipinski definition) is 2. The van der Waals surface area contributed by atoms with Crippen LogP contribution in [0.15, 0.2) is 54.9 Å². The van der Waals surface area contributed by atoms with Crippen molar-refractivity contribution in [2.75, 3.05) is 5.32 Å². The second-order valence-electron chi connectivity index (χ2n) is 8.65. The van der Waals surface area contributed by atoms with E-state index < -0.39 is 11.9 Å². The van der Waals surface area contributed by atoms with E-state index in [1.54, 1.807) is 30.6 Å². The van der Waals surface area contributed by atoms with E-state index in [1.165, 1.54) is 12.1 Å². The van der Waals surface area contributed by atoms with Gasteiger partial charge >= 0.3 is 6.18 Å². The number of alkyl halides is 3. The summed E-state index contributed by atoms with van der Waals surface area (Å²) in [5.41, 5.74) is 0.667. The molecule has 6 nitrogen and oxygen atoms in total. The molecule has 0 aliphatic heterocycles. The molecule has 3 heterocycles. The summed E-state index contributed by atoms with van der Waals surface area (Å²) in [4.78, 5) is 24.9. The van der Waals surface area contributed by atoms with Crippen molar-refractivity contribution >= 4 is 45.0 Å². The van der Waals surface area contributed by atoms with Gasteiger partial charge in [0, 0.05) is 46.0 Å². The lowest BCUT2D eigenvalue weighted by Crippen LogP contribution is -2.40. The number of hydrogen-bond acceptors (Lipinski definition) is 5.